The zero-order chi connectivity index (χ0) is 19.3. The number of aromatic amines is 1. The van der Waals surface area contributed by atoms with Crippen LogP contribution in [-0.4, -0.2) is 34.5 Å². The molecule has 0 saturated carbocycles. The molecule has 0 amide bonds. The van der Waals surface area contributed by atoms with E-state index < -0.39 is 0 Å². The van der Waals surface area contributed by atoms with Crippen molar-refractivity contribution in [1.82, 2.24) is 15.2 Å². The third-order valence-corrected chi connectivity index (χ3v) is 5.17. The summed E-state index contributed by atoms with van der Waals surface area (Å²) in [7, 11) is 3.04. The number of aromatic hydroxyl groups is 1. The summed E-state index contributed by atoms with van der Waals surface area (Å²) in [4.78, 5) is 3.22. The molecule has 28 heavy (non-hydrogen) atoms. The first-order chi connectivity index (χ1) is 13.7. The van der Waals surface area contributed by atoms with E-state index in [0.29, 0.717) is 11.5 Å². The van der Waals surface area contributed by atoms with Gasteiger partial charge in [0, 0.05) is 34.0 Å². The van der Waals surface area contributed by atoms with Crippen molar-refractivity contribution < 1.29 is 14.6 Å². The van der Waals surface area contributed by atoms with Crippen LogP contribution in [0.5, 0.6) is 17.2 Å². The zero-order valence-corrected chi connectivity index (χ0v) is 15.4. The molecule has 0 spiro atoms. The molecular formula is C21H18N4O3. The summed E-state index contributed by atoms with van der Waals surface area (Å²) in [5.41, 5.74) is 5.73. The van der Waals surface area contributed by atoms with E-state index in [-0.39, 0.29) is 11.8 Å². The molecule has 2 aromatic carbocycles. The van der Waals surface area contributed by atoms with Gasteiger partial charge in [-0.05, 0) is 23.8 Å². The number of H-pyrrole nitrogens is 1. The van der Waals surface area contributed by atoms with E-state index in [2.05, 4.69) is 26.6 Å². The number of phenolic OH excluding ortho intramolecular Hbond substituents is 1. The van der Waals surface area contributed by atoms with Crippen molar-refractivity contribution in [1.29, 1.82) is 0 Å². The third kappa shape index (κ3) is 2.29. The van der Waals surface area contributed by atoms with Gasteiger partial charge < -0.3 is 24.9 Å². The molecular weight excluding hydrogens is 356 g/mol. The van der Waals surface area contributed by atoms with Crippen LogP contribution in [0.2, 0.25) is 0 Å². The molecule has 7 heteroatoms. The van der Waals surface area contributed by atoms with Crippen LogP contribution in [0.3, 0.4) is 0 Å². The van der Waals surface area contributed by atoms with Gasteiger partial charge in [-0.1, -0.05) is 18.2 Å². The summed E-state index contributed by atoms with van der Waals surface area (Å²) in [5.74, 6) is 0.690. The summed E-state index contributed by atoms with van der Waals surface area (Å²) in [6.45, 7) is 0. The predicted octanol–water partition coefficient (Wildman–Crippen LogP) is 3.86. The number of rotatable bonds is 3. The van der Waals surface area contributed by atoms with Crippen LogP contribution < -0.4 is 14.8 Å². The molecule has 2 aromatic heterocycles. The summed E-state index contributed by atoms with van der Waals surface area (Å²) in [6.07, 6.45) is 3.73. The molecule has 1 aliphatic heterocycles. The van der Waals surface area contributed by atoms with Gasteiger partial charge in [0.2, 0.25) is 5.75 Å². The SMILES string of the molecule is COc1cc(C2Nc3ccccc3-c3cnnc4[nH]cc2c34)cc(OC)c1O. The average molecular weight is 374 g/mol. The summed E-state index contributed by atoms with van der Waals surface area (Å²) in [5, 5.41) is 23.3. The van der Waals surface area contributed by atoms with Crippen LogP contribution in [-0.2, 0) is 0 Å². The molecule has 4 aromatic rings. The number of anilines is 1. The first-order valence-electron chi connectivity index (χ1n) is 8.84. The van der Waals surface area contributed by atoms with Gasteiger partial charge in [-0.15, -0.1) is 5.10 Å². The monoisotopic (exact) mass is 374 g/mol. The maximum atomic E-state index is 10.3. The molecule has 0 fully saturated rings. The van der Waals surface area contributed by atoms with Crippen LogP contribution in [0.15, 0.2) is 48.8 Å². The molecule has 3 heterocycles. The fourth-order valence-corrected chi connectivity index (χ4v) is 3.85. The Morgan fingerprint density at radius 1 is 1.04 bits per heavy atom. The molecule has 5 rings (SSSR count). The molecule has 1 aliphatic rings. The summed E-state index contributed by atoms with van der Waals surface area (Å²) >= 11 is 0. The molecule has 0 radical (unpaired) electrons. The van der Waals surface area contributed by atoms with E-state index in [1.807, 2.05) is 36.5 Å². The number of para-hydroxylation sites is 1. The van der Waals surface area contributed by atoms with Gasteiger partial charge in [0.25, 0.3) is 0 Å². The maximum absolute atomic E-state index is 10.3. The first-order valence-corrected chi connectivity index (χ1v) is 8.84. The third-order valence-electron chi connectivity index (χ3n) is 5.17. The Morgan fingerprint density at radius 3 is 2.54 bits per heavy atom. The topological polar surface area (TPSA) is 92.3 Å². The molecule has 0 aliphatic carbocycles. The van der Waals surface area contributed by atoms with Gasteiger partial charge in [0.05, 0.1) is 26.5 Å². The lowest BCUT2D eigenvalue weighted by atomic mass is 9.97. The lowest BCUT2D eigenvalue weighted by Crippen LogP contribution is -2.11. The van der Waals surface area contributed by atoms with Crippen molar-refractivity contribution in [3.8, 4) is 28.4 Å². The second kappa shape index (κ2) is 6.16. The first kappa shape index (κ1) is 16.4. The molecule has 0 saturated heterocycles. The van der Waals surface area contributed by atoms with Crippen LogP contribution in [0, 0.1) is 0 Å². The number of hydrogen-bond donors (Lipinski definition) is 3. The second-order valence-electron chi connectivity index (χ2n) is 6.62. The fourth-order valence-electron chi connectivity index (χ4n) is 3.85. The molecule has 3 N–H and O–H groups in total. The molecule has 0 bridgehead atoms. The highest BCUT2D eigenvalue weighted by Gasteiger charge is 2.27. The number of aromatic nitrogens is 3. The smallest absolute Gasteiger partial charge is 0.200 e. The minimum absolute atomic E-state index is 0.0201. The Bertz CT molecular complexity index is 1180. The number of phenols is 1. The van der Waals surface area contributed by atoms with Gasteiger partial charge in [-0.2, -0.15) is 5.10 Å². The van der Waals surface area contributed by atoms with E-state index in [1.54, 1.807) is 6.20 Å². The van der Waals surface area contributed by atoms with Crippen molar-refractivity contribution in [2.75, 3.05) is 19.5 Å². The predicted molar refractivity (Wildman–Crippen MR) is 106 cm³/mol. The zero-order valence-electron chi connectivity index (χ0n) is 15.4. The quantitative estimate of drug-likeness (QED) is 0.504. The number of nitrogens with zero attached hydrogens (tertiary/aromatic N) is 2. The van der Waals surface area contributed by atoms with Crippen LogP contribution in [0.25, 0.3) is 22.2 Å². The Kier molecular flexibility index (Phi) is 3.61. The average Bonchev–Trinajstić information content (AvgIpc) is 3.10. The highest BCUT2D eigenvalue weighted by molar-refractivity contribution is 6.00. The highest BCUT2D eigenvalue weighted by atomic mass is 16.5. The number of nitrogens with one attached hydrogen (secondary N) is 2. The lowest BCUT2D eigenvalue weighted by molar-refractivity contribution is 0.339. The van der Waals surface area contributed by atoms with E-state index >= 15 is 0 Å². The van der Waals surface area contributed by atoms with Gasteiger partial charge in [-0.25, -0.2) is 0 Å². The minimum Gasteiger partial charge on any atom is -0.502 e. The summed E-state index contributed by atoms with van der Waals surface area (Å²) < 4.78 is 10.7. The Labute approximate surface area is 161 Å². The lowest BCUT2D eigenvalue weighted by Gasteiger charge is -2.21. The molecule has 140 valence electrons. The number of methoxy groups -OCH3 is 2. The molecule has 1 unspecified atom stereocenters. The van der Waals surface area contributed by atoms with Crippen LogP contribution >= 0.6 is 0 Å². The van der Waals surface area contributed by atoms with Gasteiger partial charge in [0.1, 0.15) is 0 Å². The Morgan fingerprint density at radius 2 is 1.79 bits per heavy atom. The van der Waals surface area contributed by atoms with Gasteiger partial charge in [0.15, 0.2) is 17.1 Å². The number of fused-ring (bicyclic) bond motifs is 2. The van der Waals surface area contributed by atoms with E-state index in [0.717, 1.165) is 39.0 Å². The maximum Gasteiger partial charge on any atom is 0.200 e. The molecule has 1 atom stereocenters. The Balaban J connectivity index is 1.80. The second-order valence-corrected chi connectivity index (χ2v) is 6.62. The van der Waals surface area contributed by atoms with Crippen molar-refractivity contribution in [2.24, 2.45) is 0 Å². The standard InChI is InChI=1S/C21H18N4O3/c1-27-16-7-11(8-17(28-2)20(16)26)19-14-9-22-21-18(14)13(10-23-25-21)12-5-3-4-6-15(12)24-19/h3-10,19,24,26H,1-2H3,(H,22,25). The van der Waals surface area contributed by atoms with E-state index in [9.17, 15) is 5.11 Å². The largest absolute Gasteiger partial charge is 0.502 e. The Hall–Kier alpha value is -3.74. The number of ether oxygens (including phenoxy) is 2. The van der Waals surface area contributed by atoms with Crippen LogP contribution in [0.1, 0.15) is 17.2 Å². The number of hydrogen-bond acceptors (Lipinski definition) is 6. The van der Waals surface area contributed by atoms with Crippen molar-refractivity contribution in [2.45, 2.75) is 6.04 Å². The van der Waals surface area contributed by atoms with Gasteiger partial charge >= 0.3 is 0 Å². The molecule has 7 nitrogen and oxygen atoms in total. The van der Waals surface area contributed by atoms with Crippen molar-refractivity contribution in [3.05, 3.63) is 59.9 Å². The number of benzene rings is 2. The van der Waals surface area contributed by atoms with E-state index in [4.69, 9.17) is 9.47 Å². The van der Waals surface area contributed by atoms with Crippen molar-refractivity contribution >= 4 is 16.7 Å². The highest BCUT2D eigenvalue weighted by Crippen LogP contribution is 2.46. The minimum atomic E-state index is -0.205. The van der Waals surface area contributed by atoms with Crippen LogP contribution in [0.4, 0.5) is 5.69 Å². The fraction of sp³-hybridized carbons (Fsp3) is 0.143. The van der Waals surface area contributed by atoms with E-state index in [1.165, 1.54) is 14.2 Å². The normalized spacial score (nSPS) is 14.9. The van der Waals surface area contributed by atoms with Gasteiger partial charge in [-0.3, -0.25) is 0 Å². The summed E-state index contributed by atoms with van der Waals surface area (Å²) in [6, 6.07) is 11.5. The van der Waals surface area contributed by atoms with Crippen molar-refractivity contribution in [3.63, 3.8) is 0 Å².